The number of fused-ring (bicyclic) bond motifs is 1. The summed E-state index contributed by atoms with van der Waals surface area (Å²) < 4.78 is 18.8. The van der Waals surface area contributed by atoms with Gasteiger partial charge in [-0.2, -0.15) is 0 Å². The van der Waals surface area contributed by atoms with Crippen molar-refractivity contribution >= 4 is 16.6 Å². The molecule has 1 radical (unpaired) electrons. The summed E-state index contributed by atoms with van der Waals surface area (Å²) in [5, 5.41) is 13.7. The van der Waals surface area contributed by atoms with Crippen molar-refractivity contribution in [1.82, 2.24) is 9.97 Å². The zero-order valence-corrected chi connectivity index (χ0v) is 17.3. The summed E-state index contributed by atoms with van der Waals surface area (Å²) in [6.07, 6.45) is 9.03. The first-order valence-electron chi connectivity index (χ1n) is 10.2. The van der Waals surface area contributed by atoms with Crippen molar-refractivity contribution in [3.8, 4) is 5.75 Å². The number of anilines is 1. The lowest BCUT2D eigenvalue weighted by molar-refractivity contribution is 0.288. The average molecular weight is 418 g/mol. The van der Waals surface area contributed by atoms with Crippen LogP contribution < -0.4 is 10.1 Å². The van der Waals surface area contributed by atoms with Crippen molar-refractivity contribution in [3.63, 3.8) is 0 Å². The molecular formula is C25H25FN3O2. The maximum atomic E-state index is 13.5. The number of aliphatic hydroxyl groups excluding tert-OH is 1. The standard InChI is InChI=1S/C25H25FN3O2/c1-31-22-13-21(15-27-16-22)29-25(18-5-7-20(26)8-6-18)12-19-14-28-24-9-4-17(3-2-10-30)11-23(19)24/h4-9,11-16,25,28-30H,2-3,10H2,1H3. The highest BCUT2D eigenvalue weighted by Crippen LogP contribution is 2.30. The van der Waals surface area contributed by atoms with Gasteiger partial charge < -0.3 is 20.1 Å². The van der Waals surface area contributed by atoms with Crippen molar-refractivity contribution in [1.29, 1.82) is 0 Å². The molecule has 4 aromatic rings. The van der Waals surface area contributed by atoms with Gasteiger partial charge in [0.05, 0.1) is 31.2 Å². The molecule has 0 spiro atoms. The average Bonchev–Trinajstić information content (AvgIpc) is 3.20. The number of rotatable bonds is 9. The van der Waals surface area contributed by atoms with Crippen LogP contribution in [0.4, 0.5) is 10.1 Å². The molecule has 0 aliphatic heterocycles. The predicted molar refractivity (Wildman–Crippen MR) is 121 cm³/mol. The van der Waals surface area contributed by atoms with Gasteiger partial charge in [0.25, 0.3) is 0 Å². The van der Waals surface area contributed by atoms with E-state index in [0.29, 0.717) is 5.75 Å². The summed E-state index contributed by atoms with van der Waals surface area (Å²) in [6.45, 7) is 0.176. The van der Waals surface area contributed by atoms with Crippen LogP contribution in [0.2, 0.25) is 0 Å². The Hall–Kier alpha value is -3.38. The van der Waals surface area contributed by atoms with Crippen LogP contribution in [-0.4, -0.2) is 28.8 Å². The van der Waals surface area contributed by atoms with Crippen molar-refractivity contribution in [2.24, 2.45) is 0 Å². The van der Waals surface area contributed by atoms with Gasteiger partial charge in [0, 0.05) is 36.2 Å². The Morgan fingerprint density at radius 3 is 2.77 bits per heavy atom. The number of aromatic nitrogens is 2. The van der Waals surface area contributed by atoms with E-state index in [2.05, 4.69) is 39.9 Å². The number of aliphatic hydroxyl groups is 1. The number of halogens is 1. The molecule has 2 heterocycles. The monoisotopic (exact) mass is 418 g/mol. The number of ether oxygens (including phenoxy) is 1. The molecule has 5 nitrogen and oxygen atoms in total. The van der Waals surface area contributed by atoms with E-state index < -0.39 is 0 Å². The number of nitrogens with zero attached hydrogens (tertiary/aromatic N) is 1. The zero-order valence-electron chi connectivity index (χ0n) is 17.3. The summed E-state index contributed by atoms with van der Waals surface area (Å²) >= 11 is 0. The molecule has 0 fully saturated rings. The smallest absolute Gasteiger partial charge is 0.139 e. The largest absolute Gasteiger partial charge is 0.495 e. The van der Waals surface area contributed by atoms with E-state index in [1.807, 2.05) is 12.3 Å². The topological polar surface area (TPSA) is 70.2 Å². The normalized spacial score (nSPS) is 12.1. The summed E-state index contributed by atoms with van der Waals surface area (Å²) in [6, 6.07) is 14.4. The molecule has 0 aliphatic carbocycles. The molecule has 2 aromatic heterocycles. The molecule has 0 amide bonds. The van der Waals surface area contributed by atoms with Crippen LogP contribution >= 0.6 is 0 Å². The number of aromatic amines is 1. The van der Waals surface area contributed by atoms with Gasteiger partial charge in [0.1, 0.15) is 11.6 Å². The molecule has 0 bridgehead atoms. The fourth-order valence-corrected chi connectivity index (χ4v) is 3.63. The molecule has 159 valence electrons. The third kappa shape index (κ3) is 5.03. The highest BCUT2D eigenvalue weighted by Gasteiger charge is 2.16. The van der Waals surface area contributed by atoms with Crippen molar-refractivity contribution in [2.75, 3.05) is 19.0 Å². The van der Waals surface area contributed by atoms with E-state index in [0.717, 1.165) is 40.6 Å². The van der Waals surface area contributed by atoms with Crippen LogP contribution in [0.3, 0.4) is 0 Å². The Balaban J connectivity index is 1.66. The minimum atomic E-state index is -0.272. The van der Waals surface area contributed by atoms with Crippen molar-refractivity contribution in [2.45, 2.75) is 18.9 Å². The van der Waals surface area contributed by atoms with E-state index in [1.165, 1.54) is 17.7 Å². The van der Waals surface area contributed by atoms with Gasteiger partial charge in [-0.15, -0.1) is 0 Å². The molecule has 0 aliphatic rings. The molecule has 1 unspecified atom stereocenters. The molecule has 1 atom stereocenters. The fourth-order valence-electron chi connectivity index (χ4n) is 3.63. The molecule has 31 heavy (non-hydrogen) atoms. The number of H-pyrrole nitrogens is 1. The zero-order chi connectivity index (χ0) is 21.6. The lowest BCUT2D eigenvalue weighted by Crippen LogP contribution is -2.12. The van der Waals surface area contributed by atoms with Gasteiger partial charge in [0.15, 0.2) is 0 Å². The van der Waals surface area contributed by atoms with E-state index in [4.69, 9.17) is 9.84 Å². The van der Waals surface area contributed by atoms with Gasteiger partial charge in [-0.25, -0.2) is 4.39 Å². The molecule has 4 rings (SSSR count). The van der Waals surface area contributed by atoms with E-state index in [-0.39, 0.29) is 18.5 Å². The highest BCUT2D eigenvalue weighted by molar-refractivity contribution is 5.85. The lowest BCUT2D eigenvalue weighted by atomic mass is 9.97. The van der Waals surface area contributed by atoms with Gasteiger partial charge >= 0.3 is 0 Å². The van der Waals surface area contributed by atoms with Crippen LogP contribution in [0.25, 0.3) is 10.9 Å². The fraction of sp³-hybridized carbons (Fsp3) is 0.200. The molecule has 0 saturated heterocycles. The van der Waals surface area contributed by atoms with Crippen LogP contribution in [0.5, 0.6) is 5.75 Å². The Labute approximate surface area is 180 Å². The van der Waals surface area contributed by atoms with Gasteiger partial charge in [-0.3, -0.25) is 4.98 Å². The third-order valence-electron chi connectivity index (χ3n) is 5.25. The summed E-state index contributed by atoms with van der Waals surface area (Å²) in [7, 11) is 1.60. The predicted octanol–water partition coefficient (Wildman–Crippen LogP) is 5.04. The van der Waals surface area contributed by atoms with E-state index >= 15 is 0 Å². The third-order valence-corrected chi connectivity index (χ3v) is 5.25. The number of hydrogen-bond acceptors (Lipinski definition) is 4. The number of nitrogens with one attached hydrogen (secondary N) is 2. The second kappa shape index (κ2) is 9.62. The number of methoxy groups -OCH3 is 1. The lowest BCUT2D eigenvalue weighted by Gasteiger charge is -2.20. The Morgan fingerprint density at radius 1 is 1.16 bits per heavy atom. The van der Waals surface area contributed by atoms with E-state index in [1.54, 1.807) is 31.6 Å². The van der Waals surface area contributed by atoms with Gasteiger partial charge in [-0.05, 0) is 53.8 Å². The number of pyridine rings is 1. The number of benzene rings is 2. The van der Waals surface area contributed by atoms with Crippen molar-refractivity contribution < 1.29 is 14.2 Å². The minimum Gasteiger partial charge on any atom is -0.495 e. The summed E-state index contributed by atoms with van der Waals surface area (Å²) in [5.41, 5.74) is 4.99. The maximum Gasteiger partial charge on any atom is 0.139 e. The first-order chi connectivity index (χ1) is 15.2. The molecule has 6 heteroatoms. The second-order valence-corrected chi connectivity index (χ2v) is 7.40. The quantitative estimate of drug-likeness (QED) is 0.356. The summed E-state index contributed by atoms with van der Waals surface area (Å²) in [5.74, 6) is 0.384. The highest BCUT2D eigenvalue weighted by atomic mass is 19.1. The van der Waals surface area contributed by atoms with Gasteiger partial charge in [-0.1, -0.05) is 18.2 Å². The Morgan fingerprint density at radius 2 is 2.00 bits per heavy atom. The summed E-state index contributed by atoms with van der Waals surface area (Å²) in [4.78, 5) is 7.53. The SMILES string of the molecule is COc1cncc(NC([CH]c2c[nH]c3ccc(CCCO)cc23)c2ccc(F)cc2)c1. The first kappa shape index (κ1) is 20.9. The Kier molecular flexibility index (Phi) is 6.48. The minimum absolute atomic E-state index is 0.176. The number of aryl methyl sites for hydroxylation is 1. The first-order valence-corrected chi connectivity index (χ1v) is 10.2. The molecular weight excluding hydrogens is 393 g/mol. The van der Waals surface area contributed by atoms with Gasteiger partial charge in [0.2, 0.25) is 0 Å². The second-order valence-electron chi connectivity index (χ2n) is 7.40. The van der Waals surface area contributed by atoms with Crippen LogP contribution in [0.15, 0.2) is 67.1 Å². The van der Waals surface area contributed by atoms with Crippen LogP contribution in [0.1, 0.15) is 29.2 Å². The molecule has 2 aromatic carbocycles. The molecule has 0 saturated carbocycles. The van der Waals surface area contributed by atoms with E-state index in [9.17, 15) is 4.39 Å². The van der Waals surface area contributed by atoms with Crippen LogP contribution in [-0.2, 0) is 6.42 Å². The molecule has 3 N–H and O–H groups in total. The maximum absolute atomic E-state index is 13.5. The number of hydrogen-bond donors (Lipinski definition) is 3. The van der Waals surface area contributed by atoms with Crippen LogP contribution in [0, 0.1) is 12.2 Å². The Bertz CT molecular complexity index is 1140. The van der Waals surface area contributed by atoms with Crippen molar-refractivity contribution in [3.05, 3.63) is 96.0 Å².